The van der Waals surface area contributed by atoms with Gasteiger partial charge in [0.15, 0.2) is 0 Å². The summed E-state index contributed by atoms with van der Waals surface area (Å²) in [4.78, 5) is 22.0. The van der Waals surface area contributed by atoms with E-state index < -0.39 is 11.9 Å². The highest BCUT2D eigenvalue weighted by molar-refractivity contribution is 5.94. The SMILES string of the molecule is CC(=O)Oc1cc(OC(C)C)c2cc(C(=O)O)oc2c1. The number of carbonyl (C=O) groups is 2. The summed E-state index contributed by atoms with van der Waals surface area (Å²) in [7, 11) is 0. The van der Waals surface area contributed by atoms with Crippen LogP contribution >= 0.6 is 0 Å². The summed E-state index contributed by atoms with van der Waals surface area (Å²) in [6, 6.07) is 4.37. The van der Waals surface area contributed by atoms with Gasteiger partial charge < -0.3 is 19.0 Å². The van der Waals surface area contributed by atoms with Gasteiger partial charge in [0.05, 0.1) is 11.5 Å². The Balaban J connectivity index is 2.57. The molecular weight excluding hydrogens is 264 g/mol. The highest BCUT2D eigenvalue weighted by Gasteiger charge is 2.17. The normalized spacial score (nSPS) is 10.8. The predicted octanol–water partition coefficient (Wildman–Crippen LogP) is 2.84. The van der Waals surface area contributed by atoms with E-state index in [0.29, 0.717) is 11.1 Å². The van der Waals surface area contributed by atoms with E-state index in [2.05, 4.69) is 0 Å². The first-order chi connectivity index (χ1) is 9.36. The molecule has 0 saturated carbocycles. The number of esters is 1. The van der Waals surface area contributed by atoms with Crippen molar-refractivity contribution in [1.82, 2.24) is 0 Å². The summed E-state index contributed by atoms with van der Waals surface area (Å²) in [6.07, 6.45) is -0.117. The maximum atomic E-state index is 11.0. The molecule has 0 amide bonds. The molecule has 1 heterocycles. The molecule has 106 valence electrons. The van der Waals surface area contributed by atoms with Crippen LogP contribution in [0.2, 0.25) is 0 Å². The average Bonchev–Trinajstić information content (AvgIpc) is 2.71. The van der Waals surface area contributed by atoms with Crippen LogP contribution in [0.15, 0.2) is 22.6 Å². The number of carboxylic acid groups (broad SMARTS) is 1. The van der Waals surface area contributed by atoms with Crippen molar-refractivity contribution in [3.8, 4) is 11.5 Å². The summed E-state index contributed by atoms with van der Waals surface area (Å²) >= 11 is 0. The lowest BCUT2D eigenvalue weighted by molar-refractivity contribution is -0.131. The fourth-order valence-electron chi connectivity index (χ4n) is 1.76. The monoisotopic (exact) mass is 278 g/mol. The molecule has 1 aromatic carbocycles. The number of aromatic carboxylic acids is 1. The van der Waals surface area contributed by atoms with Crippen LogP contribution < -0.4 is 9.47 Å². The van der Waals surface area contributed by atoms with Gasteiger partial charge in [-0.05, 0) is 13.8 Å². The smallest absolute Gasteiger partial charge is 0.371 e. The Morgan fingerprint density at radius 1 is 1.25 bits per heavy atom. The molecule has 20 heavy (non-hydrogen) atoms. The second kappa shape index (κ2) is 5.24. The predicted molar refractivity (Wildman–Crippen MR) is 70.2 cm³/mol. The molecular formula is C14H14O6. The molecule has 0 aliphatic carbocycles. The van der Waals surface area contributed by atoms with E-state index in [4.69, 9.17) is 19.0 Å². The Morgan fingerprint density at radius 2 is 1.95 bits per heavy atom. The number of carboxylic acids is 1. The molecule has 0 radical (unpaired) electrons. The van der Waals surface area contributed by atoms with E-state index in [1.54, 1.807) is 0 Å². The second-order valence-electron chi connectivity index (χ2n) is 4.51. The number of carbonyl (C=O) groups excluding carboxylic acids is 1. The lowest BCUT2D eigenvalue weighted by Gasteiger charge is -2.11. The van der Waals surface area contributed by atoms with Crippen molar-refractivity contribution in [3.05, 3.63) is 24.0 Å². The van der Waals surface area contributed by atoms with Crippen molar-refractivity contribution in [3.63, 3.8) is 0 Å². The third kappa shape index (κ3) is 2.90. The van der Waals surface area contributed by atoms with Gasteiger partial charge in [0.1, 0.15) is 17.1 Å². The quantitative estimate of drug-likeness (QED) is 0.683. The highest BCUT2D eigenvalue weighted by atomic mass is 16.5. The van der Waals surface area contributed by atoms with Crippen LogP contribution in [-0.2, 0) is 4.79 Å². The van der Waals surface area contributed by atoms with Gasteiger partial charge >= 0.3 is 11.9 Å². The van der Waals surface area contributed by atoms with E-state index in [-0.39, 0.29) is 23.2 Å². The average molecular weight is 278 g/mol. The minimum absolute atomic E-state index is 0.117. The van der Waals surface area contributed by atoms with Gasteiger partial charge in [-0.25, -0.2) is 4.79 Å². The van der Waals surface area contributed by atoms with Crippen LogP contribution in [0.5, 0.6) is 11.5 Å². The Hall–Kier alpha value is -2.50. The summed E-state index contributed by atoms with van der Waals surface area (Å²) in [5, 5.41) is 9.47. The zero-order valence-electron chi connectivity index (χ0n) is 11.3. The van der Waals surface area contributed by atoms with Crippen LogP contribution in [0.1, 0.15) is 31.3 Å². The van der Waals surface area contributed by atoms with Crippen LogP contribution in [0.3, 0.4) is 0 Å². The number of fused-ring (bicyclic) bond motifs is 1. The fraction of sp³-hybridized carbons (Fsp3) is 0.286. The fourth-order valence-corrected chi connectivity index (χ4v) is 1.76. The van der Waals surface area contributed by atoms with E-state index >= 15 is 0 Å². The van der Waals surface area contributed by atoms with Gasteiger partial charge in [0, 0.05) is 25.1 Å². The Bertz CT molecular complexity index is 668. The molecule has 6 heteroatoms. The first-order valence-corrected chi connectivity index (χ1v) is 6.02. The number of hydrogen-bond donors (Lipinski definition) is 1. The van der Waals surface area contributed by atoms with Gasteiger partial charge in [-0.3, -0.25) is 4.79 Å². The summed E-state index contributed by atoms with van der Waals surface area (Å²) in [6.45, 7) is 4.95. The lowest BCUT2D eigenvalue weighted by atomic mass is 10.2. The van der Waals surface area contributed by atoms with Crippen molar-refractivity contribution in [2.75, 3.05) is 0 Å². The molecule has 2 aromatic rings. The summed E-state index contributed by atoms with van der Waals surface area (Å²) in [5.41, 5.74) is 0.289. The largest absolute Gasteiger partial charge is 0.490 e. The number of ether oxygens (including phenoxy) is 2. The molecule has 1 aromatic heterocycles. The zero-order valence-corrected chi connectivity index (χ0v) is 11.3. The highest BCUT2D eigenvalue weighted by Crippen LogP contribution is 2.34. The van der Waals surface area contributed by atoms with E-state index in [1.165, 1.54) is 25.1 Å². The minimum atomic E-state index is -1.18. The Morgan fingerprint density at radius 3 is 2.50 bits per heavy atom. The molecule has 0 atom stereocenters. The number of rotatable bonds is 4. The molecule has 0 bridgehead atoms. The first kappa shape index (κ1) is 13.9. The zero-order chi connectivity index (χ0) is 14.9. The van der Waals surface area contributed by atoms with E-state index in [1.807, 2.05) is 13.8 Å². The molecule has 1 N–H and O–H groups in total. The van der Waals surface area contributed by atoms with Gasteiger partial charge in [0.2, 0.25) is 5.76 Å². The lowest BCUT2D eigenvalue weighted by Crippen LogP contribution is -2.06. The molecule has 0 aliphatic heterocycles. The standard InChI is InChI=1S/C14H14O6/c1-7(2)18-11-4-9(19-8(3)15)5-12-10(11)6-13(20-12)14(16)17/h4-7H,1-3H3,(H,16,17). The number of hydrogen-bond acceptors (Lipinski definition) is 5. The van der Waals surface area contributed by atoms with Gasteiger partial charge in [-0.15, -0.1) is 0 Å². The van der Waals surface area contributed by atoms with Crippen LogP contribution in [0, 0.1) is 0 Å². The topological polar surface area (TPSA) is 86.0 Å². The molecule has 0 saturated heterocycles. The van der Waals surface area contributed by atoms with Crippen molar-refractivity contribution in [2.45, 2.75) is 26.9 Å². The molecule has 0 unspecified atom stereocenters. The molecule has 0 aliphatic rings. The van der Waals surface area contributed by atoms with Gasteiger partial charge in [-0.2, -0.15) is 0 Å². The van der Waals surface area contributed by atoms with Crippen molar-refractivity contribution < 1.29 is 28.6 Å². The van der Waals surface area contributed by atoms with Gasteiger partial charge in [0.25, 0.3) is 0 Å². The van der Waals surface area contributed by atoms with Crippen LogP contribution in [0.25, 0.3) is 11.0 Å². The van der Waals surface area contributed by atoms with E-state index in [9.17, 15) is 9.59 Å². The number of benzene rings is 1. The third-order valence-electron chi connectivity index (χ3n) is 2.41. The van der Waals surface area contributed by atoms with Crippen LogP contribution in [0.4, 0.5) is 0 Å². The summed E-state index contributed by atoms with van der Waals surface area (Å²) in [5.74, 6) is -1.21. The van der Waals surface area contributed by atoms with E-state index in [0.717, 1.165) is 0 Å². The van der Waals surface area contributed by atoms with Crippen molar-refractivity contribution in [2.24, 2.45) is 0 Å². The molecule has 0 spiro atoms. The van der Waals surface area contributed by atoms with Crippen molar-refractivity contribution >= 4 is 22.9 Å². The Kier molecular flexibility index (Phi) is 3.65. The molecule has 0 fully saturated rings. The third-order valence-corrected chi connectivity index (χ3v) is 2.41. The second-order valence-corrected chi connectivity index (χ2v) is 4.51. The van der Waals surface area contributed by atoms with Gasteiger partial charge in [-0.1, -0.05) is 0 Å². The molecule has 2 rings (SSSR count). The number of furan rings is 1. The maximum Gasteiger partial charge on any atom is 0.371 e. The maximum absolute atomic E-state index is 11.0. The molecule has 6 nitrogen and oxygen atoms in total. The first-order valence-electron chi connectivity index (χ1n) is 6.02. The van der Waals surface area contributed by atoms with Crippen LogP contribution in [-0.4, -0.2) is 23.1 Å². The Labute approximate surface area is 114 Å². The minimum Gasteiger partial charge on any atom is -0.490 e. The van der Waals surface area contributed by atoms with Crippen molar-refractivity contribution in [1.29, 1.82) is 0 Å². The summed E-state index contributed by atoms with van der Waals surface area (Å²) < 4.78 is 15.8.